The maximum absolute atomic E-state index is 13.4. The largest absolute Gasteiger partial charge is 0.454 e. The monoisotopic (exact) mass is 511 g/mol. The summed E-state index contributed by atoms with van der Waals surface area (Å²) in [5, 5.41) is 0.447. The Morgan fingerprint density at radius 3 is 2.47 bits per heavy atom. The molecule has 2 aromatic carbocycles. The zero-order chi connectivity index (χ0) is 25.5. The van der Waals surface area contributed by atoms with Gasteiger partial charge in [0, 0.05) is 27.3 Å². The molecule has 10 heteroatoms. The van der Waals surface area contributed by atoms with Crippen molar-refractivity contribution in [3.8, 4) is 11.5 Å². The average Bonchev–Trinajstić information content (AvgIpc) is 3.47. The molecule has 0 aliphatic carbocycles. The molecule has 2 aliphatic heterocycles. The van der Waals surface area contributed by atoms with E-state index in [1.807, 2.05) is 43.3 Å². The highest BCUT2D eigenvalue weighted by atomic mass is 32.2. The highest BCUT2D eigenvalue weighted by Gasteiger charge is 2.33. The van der Waals surface area contributed by atoms with Crippen molar-refractivity contribution in [1.82, 2.24) is 4.90 Å². The zero-order valence-corrected chi connectivity index (χ0v) is 21.4. The quantitative estimate of drug-likeness (QED) is 0.452. The molecule has 9 nitrogen and oxygen atoms in total. The van der Waals surface area contributed by atoms with Crippen LogP contribution in [0, 0.1) is 6.92 Å². The third kappa shape index (κ3) is 6.07. The fraction of sp³-hybridized carbons (Fsp3) is 0.346. The van der Waals surface area contributed by atoms with Gasteiger partial charge in [-0.05, 0) is 42.8 Å². The molecular weight excluding hydrogens is 482 g/mol. The first kappa shape index (κ1) is 25.7. The standard InChI is InChI=1S/C26H29N3O6S/c1-18-4-7-20(8-5-18)29-25(31)21(14-19-6-9-22-23(15-19)35-17-34-22)27-26(29)36-16-24(30)28(10-12-32-2)11-13-33-3/h4-9,14-15H,10-13,16-17H2,1-3H3. The van der Waals surface area contributed by atoms with Gasteiger partial charge in [0.2, 0.25) is 12.7 Å². The molecule has 2 aromatic rings. The second kappa shape index (κ2) is 12.1. The number of carbonyl (C=O) groups excluding carboxylic acids is 2. The molecule has 0 saturated heterocycles. The van der Waals surface area contributed by atoms with E-state index >= 15 is 0 Å². The summed E-state index contributed by atoms with van der Waals surface area (Å²) in [7, 11) is 3.19. The van der Waals surface area contributed by atoms with Crippen LogP contribution in [0.1, 0.15) is 11.1 Å². The van der Waals surface area contributed by atoms with E-state index in [0.717, 1.165) is 11.1 Å². The maximum atomic E-state index is 13.4. The number of aliphatic imine (C=N–C) groups is 1. The number of anilines is 1. The number of rotatable bonds is 10. The van der Waals surface area contributed by atoms with Crippen LogP contribution in [0.4, 0.5) is 5.69 Å². The van der Waals surface area contributed by atoms with E-state index in [1.165, 1.54) is 11.8 Å². The van der Waals surface area contributed by atoms with E-state index in [2.05, 4.69) is 4.99 Å². The number of ether oxygens (including phenoxy) is 4. The fourth-order valence-corrected chi connectivity index (χ4v) is 4.57. The van der Waals surface area contributed by atoms with Gasteiger partial charge in [-0.15, -0.1) is 0 Å². The zero-order valence-electron chi connectivity index (χ0n) is 20.6. The van der Waals surface area contributed by atoms with Crippen LogP contribution in [0.15, 0.2) is 53.2 Å². The molecule has 0 atom stereocenters. The van der Waals surface area contributed by atoms with Gasteiger partial charge >= 0.3 is 0 Å². The number of fused-ring (bicyclic) bond motifs is 1. The van der Waals surface area contributed by atoms with Gasteiger partial charge in [-0.1, -0.05) is 35.5 Å². The Labute approximate surface area is 214 Å². The Balaban J connectivity index is 1.57. The number of methoxy groups -OCH3 is 2. The lowest BCUT2D eigenvalue weighted by Crippen LogP contribution is -2.38. The van der Waals surface area contributed by atoms with Crippen molar-refractivity contribution in [2.45, 2.75) is 6.92 Å². The molecule has 0 saturated carbocycles. The summed E-state index contributed by atoms with van der Waals surface area (Å²) in [5.41, 5.74) is 2.81. The second-order valence-corrected chi connectivity index (χ2v) is 9.11. The summed E-state index contributed by atoms with van der Waals surface area (Å²) in [6.45, 7) is 3.93. The van der Waals surface area contributed by atoms with Crippen LogP contribution in [0.25, 0.3) is 6.08 Å². The molecule has 2 amide bonds. The smallest absolute Gasteiger partial charge is 0.283 e. The van der Waals surface area contributed by atoms with Gasteiger partial charge in [0.1, 0.15) is 5.70 Å². The molecule has 190 valence electrons. The normalized spacial score (nSPS) is 15.5. The van der Waals surface area contributed by atoms with E-state index in [0.29, 0.717) is 48.7 Å². The summed E-state index contributed by atoms with van der Waals surface area (Å²) in [6.07, 6.45) is 1.71. The Morgan fingerprint density at radius 1 is 1.08 bits per heavy atom. The fourth-order valence-electron chi connectivity index (χ4n) is 3.66. The van der Waals surface area contributed by atoms with Crippen LogP contribution in [0.3, 0.4) is 0 Å². The van der Waals surface area contributed by atoms with Crippen LogP contribution in [-0.2, 0) is 19.1 Å². The number of amides is 2. The molecule has 0 fully saturated rings. The van der Waals surface area contributed by atoms with Crippen LogP contribution in [0.5, 0.6) is 11.5 Å². The number of carbonyl (C=O) groups is 2. The molecular formula is C26H29N3O6S. The molecule has 36 heavy (non-hydrogen) atoms. The molecule has 0 bridgehead atoms. The third-order valence-corrected chi connectivity index (χ3v) is 6.55. The molecule has 4 rings (SSSR count). The minimum Gasteiger partial charge on any atom is -0.454 e. The second-order valence-electron chi connectivity index (χ2n) is 8.17. The Bertz CT molecular complexity index is 1160. The van der Waals surface area contributed by atoms with Crippen molar-refractivity contribution in [1.29, 1.82) is 0 Å². The maximum Gasteiger partial charge on any atom is 0.283 e. The predicted molar refractivity (Wildman–Crippen MR) is 139 cm³/mol. The number of nitrogens with zero attached hydrogens (tertiary/aromatic N) is 3. The Morgan fingerprint density at radius 2 is 1.78 bits per heavy atom. The minimum absolute atomic E-state index is 0.0821. The number of amidine groups is 1. The van der Waals surface area contributed by atoms with Gasteiger partial charge in [-0.25, -0.2) is 4.99 Å². The lowest BCUT2D eigenvalue weighted by molar-refractivity contribution is -0.129. The molecule has 0 N–H and O–H groups in total. The third-order valence-electron chi connectivity index (χ3n) is 5.63. The van der Waals surface area contributed by atoms with Crippen molar-refractivity contribution in [2.24, 2.45) is 4.99 Å². The molecule has 0 spiro atoms. The van der Waals surface area contributed by atoms with Gasteiger partial charge in [-0.2, -0.15) is 0 Å². The molecule has 0 radical (unpaired) electrons. The van der Waals surface area contributed by atoms with Gasteiger partial charge in [-0.3, -0.25) is 14.5 Å². The highest BCUT2D eigenvalue weighted by Crippen LogP contribution is 2.34. The summed E-state index contributed by atoms with van der Waals surface area (Å²) >= 11 is 1.23. The van der Waals surface area contributed by atoms with Crippen molar-refractivity contribution < 1.29 is 28.5 Å². The van der Waals surface area contributed by atoms with Gasteiger partial charge < -0.3 is 23.8 Å². The van der Waals surface area contributed by atoms with Gasteiger partial charge in [0.05, 0.1) is 24.7 Å². The van der Waals surface area contributed by atoms with E-state index in [9.17, 15) is 9.59 Å². The van der Waals surface area contributed by atoms with E-state index in [-0.39, 0.29) is 30.1 Å². The van der Waals surface area contributed by atoms with Gasteiger partial charge in [0.15, 0.2) is 16.7 Å². The van der Waals surface area contributed by atoms with E-state index in [4.69, 9.17) is 18.9 Å². The van der Waals surface area contributed by atoms with Crippen LogP contribution in [-0.4, -0.2) is 75.0 Å². The van der Waals surface area contributed by atoms with Crippen LogP contribution < -0.4 is 14.4 Å². The molecule has 0 unspecified atom stereocenters. The van der Waals surface area contributed by atoms with E-state index < -0.39 is 0 Å². The summed E-state index contributed by atoms with van der Waals surface area (Å²) in [4.78, 5) is 34.3. The van der Waals surface area contributed by atoms with E-state index in [1.54, 1.807) is 36.2 Å². The predicted octanol–water partition coefficient (Wildman–Crippen LogP) is 3.32. The Hall–Kier alpha value is -3.34. The first-order valence-electron chi connectivity index (χ1n) is 11.5. The van der Waals surface area contributed by atoms with Crippen molar-refractivity contribution in [2.75, 3.05) is 58.0 Å². The summed E-state index contributed by atoms with van der Waals surface area (Å²) < 4.78 is 21.1. The average molecular weight is 512 g/mol. The molecule has 0 aromatic heterocycles. The number of hydrogen-bond donors (Lipinski definition) is 0. The van der Waals surface area contributed by atoms with Crippen LogP contribution in [0.2, 0.25) is 0 Å². The number of thioether (sulfide) groups is 1. The summed E-state index contributed by atoms with van der Waals surface area (Å²) in [5.74, 6) is 1.07. The number of hydrogen-bond acceptors (Lipinski definition) is 8. The first-order valence-corrected chi connectivity index (χ1v) is 12.5. The van der Waals surface area contributed by atoms with Crippen molar-refractivity contribution in [3.63, 3.8) is 0 Å². The SMILES string of the molecule is COCCN(CCOC)C(=O)CSC1=NC(=Cc2ccc3c(c2)OCO3)C(=O)N1c1ccc(C)cc1. The number of aryl methyl sites for hydroxylation is 1. The van der Waals surface area contributed by atoms with Gasteiger partial charge in [0.25, 0.3) is 5.91 Å². The van der Waals surface area contributed by atoms with Crippen molar-refractivity contribution in [3.05, 3.63) is 59.3 Å². The molecule has 2 aliphatic rings. The molecule has 2 heterocycles. The number of benzene rings is 2. The highest BCUT2D eigenvalue weighted by molar-refractivity contribution is 8.14. The Kier molecular flexibility index (Phi) is 8.63. The van der Waals surface area contributed by atoms with Crippen LogP contribution >= 0.6 is 11.8 Å². The topological polar surface area (TPSA) is 89.9 Å². The lowest BCUT2D eigenvalue weighted by Gasteiger charge is -2.23. The first-order chi connectivity index (χ1) is 17.5. The van der Waals surface area contributed by atoms with Crippen molar-refractivity contribution >= 4 is 40.5 Å². The lowest BCUT2D eigenvalue weighted by atomic mass is 10.1. The summed E-state index contributed by atoms with van der Waals surface area (Å²) in [6, 6.07) is 13.1. The minimum atomic E-state index is -0.262.